The zero-order chi connectivity index (χ0) is 21.2. The summed E-state index contributed by atoms with van der Waals surface area (Å²) in [4.78, 5) is 27.2. The molecule has 0 aliphatic heterocycles. The summed E-state index contributed by atoms with van der Waals surface area (Å²) in [5, 5.41) is 2.87. The lowest BCUT2D eigenvalue weighted by molar-refractivity contribution is -0.142. The van der Waals surface area contributed by atoms with E-state index >= 15 is 0 Å². The van der Waals surface area contributed by atoms with Crippen molar-refractivity contribution < 1.29 is 14.3 Å². The van der Waals surface area contributed by atoms with Crippen molar-refractivity contribution in [3.63, 3.8) is 0 Å². The molecular weight excluding hydrogens is 376 g/mol. The van der Waals surface area contributed by atoms with E-state index in [1.807, 2.05) is 91.0 Å². The minimum atomic E-state index is -0.765. The van der Waals surface area contributed by atoms with Gasteiger partial charge in [0.15, 0.2) is 0 Å². The summed E-state index contributed by atoms with van der Waals surface area (Å²) in [7, 11) is 1.33. The molecule has 3 aromatic rings. The van der Waals surface area contributed by atoms with Crippen LogP contribution >= 0.6 is 0 Å². The molecule has 0 aromatic heterocycles. The molecule has 30 heavy (non-hydrogen) atoms. The summed E-state index contributed by atoms with van der Waals surface area (Å²) in [5.41, 5.74) is 2.98. The smallest absolute Gasteiger partial charge is 0.328 e. The quantitative estimate of drug-likeness (QED) is 0.575. The van der Waals surface area contributed by atoms with Crippen molar-refractivity contribution in [3.8, 4) is 0 Å². The van der Waals surface area contributed by atoms with E-state index in [1.54, 1.807) is 4.90 Å². The van der Waals surface area contributed by atoms with Crippen LogP contribution in [0.5, 0.6) is 0 Å². The number of nitrogens with one attached hydrogen (secondary N) is 1. The molecule has 0 aliphatic rings. The molecule has 0 heterocycles. The van der Waals surface area contributed by atoms with Gasteiger partial charge < -0.3 is 15.0 Å². The summed E-state index contributed by atoms with van der Waals surface area (Å²) in [6, 6.07) is 28.1. The van der Waals surface area contributed by atoms with Gasteiger partial charge in [-0.3, -0.25) is 0 Å². The zero-order valence-electron chi connectivity index (χ0n) is 17.0. The SMILES string of the molecule is COC(=O)[C@H](Cc1ccccc1)NC(=O)N(Cc1ccccc1)Cc1ccccc1. The maximum atomic E-state index is 13.2. The lowest BCUT2D eigenvalue weighted by atomic mass is 10.1. The minimum absolute atomic E-state index is 0.311. The van der Waals surface area contributed by atoms with E-state index in [0.29, 0.717) is 19.5 Å². The largest absolute Gasteiger partial charge is 0.467 e. The monoisotopic (exact) mass is 402 g/mol. The summed E-state index contributed by atoms with van der Waals surface area (Å²) < 4.78 is 4.93. The Kier molecular flexibility index (Phi) is 7.61. The number of hydrogen-bond acceptors (Lipinski definition) is 3. The van der Waals surface area contributed by atoms with E-state index in [-0.39, 0.29) is 6.03 Å². The Bertz CT molecular complexity index is 889. The second-order valence-electron chi connectivity index (χ2n) is 7.04. The highest BCUT2D eigenvalue weighted by molar-refractivity contribution is 5.83. The Morgan fingerprint density at radius 2 is 1.20 bits per heavy atom. The van der Waals surface area contributed by atoms with Crippen LogP contribution in [0.3, 0.4) is 0 Å². The molecule has 1 atom stereocenters. The van der Waals surface area contributed by atoms with E-state index in [9.17, 15) is 9.59 Å². The first-order valence-electron chi connectivity index (χ1n) is 9.90. The Hall–Kier alpha value is -3.60. The van der Waals surface area contributed by atoms with Crippen molar-refractivity contribution in [2.24, 2.45) is 0 Å². The Balaban J connectivity index is 1.77. The molecule has 0 bridgehead atoms. The number of carbonyl (C=O) groups excluding carboxylic acids is 2. The molecule has 0 saturated carbocycles. The van der Waals surface area contributed by atoms with Gasteiger partial charge in [-0.2, -0.15) is 0 Å². The first-order valence-corrected chi connectivity index (χ1v) is 9.90. The van der Waals surface area contributed by atoms with Gasteiger partial charge in [-0.15, -0.1) is 0 Å². The zero-order valence-corrected chi connectivity index (χ0v) is 17.0. The molecule has 154 valence electrons. The summed E-state index contributed by atoms with van der Waals surface area (Å²) in [6.07, 6.45) is 0.365. The van der Waals surface area contributed by atoms with Crippen molar-refractivity contribution in [1.29, 1.82) is 0 Å². The number of esters is 1. The highest BCUT2D eigenvalue weighted by Crippen LogP contribution is 2.12. The third-order valence-corrected chi connectivity index (χ3v) is 4.79. The molecule has 1 N–H and O–H groups in total. The van der Waals surface area contributed by atoms with E-state index in [0.717, 1.165) is 16.7 Å². The van der Waals surface area contributed by atoms with Gasteiger partial charge in [0.05, 0.1) is 7.11 Å². The van der Waals surface area contributed by atoms with E-state index < -0.39 is 12.0 Å². The lowest BCUT2D eigenvalue weighted by Gasteiger charge is -2.26. The summed E-state index contributed by atoms with van der Waals surface area (Å²) in [5.74, 6) is -0.466. The van der Waals surface area contributed by atoms with Crippen molar-refractivity contribution in [3.05, 3.63) is 108 Å². The van der Waals surface area contributed by atoms with Gasteiger partial charge in [0.25, 0.3) is 0 Å². The predicted octanol–water partition coefficient (Wildman–Crippen LogP) is 4.18. The van der Waals surface area contributed by atoms with E-state index in [4.69, 9.17) is 4.74 Å². The van der Waals surface area contributed by atoms with Crippen molar-refractivity contribution in [2.75, 3.05) is 7.11 Å². The number of nitrogens with zero attached hydrogens (tertiary/aromatic N) is 1. The molecule has 0 spiro atoms. The summed E-state index contributed by atoms with van der Waals surface area (Å²) >= 11 is 0. The Morgan fingerprint density at radius 1 is 0.767 bits per heavy atom. The van der Waals surface area contributed by atoms with Gasteiger partial charge >= 0.3 is 12.0 Å². The fraction of sp³-hybridized carbons (Fsp3) is 0.200. The maximum Gasteiger partial charge on any atom is 0.328 e. The average molecular weight is 402 g/mol. The van der Waals surface area contributed by atoms with Crippen LogP contribution in [0.1, 0.15) is 16.7 Å². The fourth-order valence-electron chi connectivity index (χ4n) is 3.23. The highest BCUT2D eigenvalue weighted by atomic mass is 16.5. The average Bonchev–Trinajstić information content (AvgIpc) is 2.79. The van der Waals surface area contributed by atoms with Gasteiger partial charge in [-0.05, 0) is 16.7 Å². The minimum Gasteiger partial charge on any atom is -0.467 e. The number of urea groups is 1. The number of carbonyl (C=O) groups is 2. The van der Waals surface area contributed by atoms with Crippen molar-refractivity contribution in [2.45, 2.75) is 25.6 Å². The molecule has 5 nitrogen and oxygen atoms in total. The van der Waals surface area contributed by atoms with Crippen molar-refractivity contribution in [1.82, 2.24) is 10.2 Å². The normalized spacial score (nSPS) is 11.4. The van der Waals surface area contributed by atoms with Crippen LogP contribution < -0.4 is 5.32 Å². The third-order valence-electron chi connectivity index (χ3n) is 4.79. The molecule has 0 radical (unpaired) electrons. The van der Waals surface area contributed by atoms with Gasteiger partial charge in [0.2, 0.25) is 0 Å². The molecule has 2 amide bonds. The Morgan fingerprint density at radius 3 is 1.63 bits per heavy atom. The van der Waals surface area contributed by atoms with Gasteiger partial charge in [0.1, 0.15) is 6.04 Å². The lowest BCUT2D eigenvalue weighted by Crippen LogP contribution is -2.48. The van der Waals surface area contributed by atoms with Crippen LogP contribution in [0.25, 0.3) is 0 Å². The molecule has 0 fully saturated rings. The molecule has 0 unspecified atom stereocenters. The van der Waals surface area contributed by atoms with Crippen LogP contribution in [0.4, 0.5) is 4.79 Å². The van der Waals surface area contributed by atoms with Crippen LogP contribution in [0, 0.1) is 0 Å². The van der Waals surface area contributed by atoms with Crippen molar-refractivity contribution >= 4 is 12.0 Å². The van der Waals surface area contributed by atoms with Crippen LogP contribution in [0.2, 0.25) is 0 Å². The van der Waals surface area contributed by atoms with Gasteiger partial charge in [-0.1, -0.05) is 91.0 Å². The number of ether oxygens (including phenoxy) is 1. The number of amides is 2. The molecular formula is C25H26N2O3. The number of rotatable bonds is 8. The first kappa shape index (κ1) is 21.1. The van der Waals surface area contributed by atoms with E-state index in [2.05, 4.69) is 5.32 Å². The Labute approximate surface area is 177 Å². The standard InChI is InChI=1S/C25H26N2O3/c1-30-24(28)23(17-20-11-5-2-6-12-20)26-25(29)27(18-21-13-7-3-8-14-21)19-22-15-9-4-10-16-22/h2-16,23H,17-19H2,1H3,(H,26,29)/t23-/m0/s1. The fourth-order valence-corrected chi connectivity index (χ4v) is 3.23. The second kappa shape index (κ2) is 10.8. The molecule has 5 heteroatoms. The number of benzene rings is 3. The second-order valence-corrected chi connectivity index (χ2v) is 7.04. The first-order chi connectivity index (χ1) is 14.7. The third kappa shape index (κ3) is 6.21. The number of hydrogen-bond donors (Lipinski definition) is 1. The maximum absolute atomic E-state index is 13.2. The predicted molar refractivity (Wildman–Crippen MR) is 117 cm³/mol. The van der Waals surface area contributed by atoms with Gasteiger partial charge in [-0.25, -0.2) is 9.59 Å². The number of methoxy groups -OCH3 is 1. The topological polar surface area (TPSA) is 58.6 Å². The summed E-state index contributed by atoms with van der Waals surface area (Å²) in [6.45, 7) is 0.863. The molecule has 0 aliphatic carbocycles. The molecule has 3 aromatic carbocycles. The highest BCUT2D eigenvalue weighted by Gasteiger charge is 2.25. The van der Waals surface area contributed by atoms with E-state index in [1.165, 1.54) is 7.11 Å². The van der Waals surface area contributed by atoms with Crippen LogP contribution in [-0.2, 0) is 29.0 Å². The van der Waals surface area contributed by atoms with Gasteiger partial charge in [0, 0.05) is 19.5 Å². The molecule has 0 saturated heterocycles. The van der Waals surface area contributed by atoms with Crippen LogP contribution in [-0.4, -0.2) is 30.1 Å². The molecule has 3 rings (SSSR count). The van der Waals surface area contributed by atoms with Crippen LogP contribution in [0.15, 0.2) is 91.0 Å².